The normalized spacial score (nSPS) is 22.0. The Labute approximate surface area is 214 Å². The minimum Gasteiger partial charge on any atom is -0.299 e. The average molecular weight is 558 g/mol. The molecule has 0 radical (unpaired) electrons. The molecular formula is C25H21F6N3O3S. The Hall–Kier alpha value is -3.35. The van der Waals surface area contributed by atoms with Gasteiger partial charge in [0.25, 0.3) is 0 Å². The molecule has 0 N–H and O–H groups in total. The number of carbonyl (C=O) groups excluding carboxylic acids is 1. The van der Waals surface area contributed by atoms with Crippen LogP contribution in [0.25, 0.3) is 11.1 Å². The number of Topliss-reactive ketones (excluding diaryl/α,β-unsaturated/α-hetero) is 1. The number of alkyl halides is 4. The van der Waals surface area contributed by atoms with Crippen LogP contribution in [0, 0.1) is 23.5 Å². The van der Waals surface area contributed by atoms with Gasteiger partial charge in [0, 0.05) is 47.5 Å². The highest BCUT2D eigenvalue weighted by atomic mass is 32.2. The summed E-state index contributed by atoms with van der Waals surface area (Å²) in [5.74, 6) is -5.54. The van der Waals surface area contributed by atoms with Crippen LogP contribution in [0.5, 0.6) is 0 Å². The van der Waals surface area contributed by atoms with Crippen LogP contribution in [0.15, 0.2) is 53.8 Å². The minimum absolute atomic E-state index is 0.0409. The molecule has 1 aliphatic carbocycles. The molecule has 2 aromatic heterocycles. The Balaban J connectivity index is 1.52. The van der Waals surface area contributed by atoms with Gasteiger partial charge in [-0.1, -0.05) is 6.92 Å². The molecule has 0 amide bonds. The average Bonchev–Trinajstić information content (AvgIpc) is 3.18. The van der Waals surface area contributed by atoms with E-state index in [2.05, 4.69) is 15.0 Å². The van der Waals surface area contributed by atoms with Gasteiger partial charge < -0.3 is 0 Å². The van der Waals surface area contributed by atoms with Gasteiger partial charge in [-0.05, 0) is 43.2 Å². The zero-order chi connectivity index (χ0) is 27.8. The van der Waals surface area contributed by atoms with Crippen molar-refractivity contribution in [3.8, 4) is 11.1 Å². The fourth-order valence-corrected chi connectivity index (χ4v) is 6.91. The molecule has 4 rings (SSSR count). The number of sulfone groups is 1. The SMILES string of the molecule is C[C@@H]1C(S(=O)(=O)c2ccc(F)cc2)[C@H](C(=O)CCc2cc(-c3cnc(C(F)(F)F)nc3)c(F)cn2)C[C@H]1F. The van der Waals surface area contributed by atoms with Gasteiger partial charge in [-0.3, -0.25) is 9.78 Å². The van der Waals surface area contributed by atoms with Crippen molar-refractivity contribution in [1.82, 2.24) is 15.0 Å². The molecule has 1 aromatic carbocycles. The Kier molecular flexibility index (Phi) is 7.60. The van der Waals surface area contributed by atoms with Crippen molar-refractivity contribution in [3.05, 3.63) is 72.1 Å². The molecule has 3 aromatic rings. The first-order chi connectivity index (χ1) is 17.8. The summed E-state index contributed by atoms with van der Waals surface area (Å²) in [7, 11) is -4.16. The number of pyridine rings is 1. The van der Waals surface area contributed by atoms with Crippen LogP contribution in [-0.2, 0) is 27.2 Å². The standard InChI is InChI=1S/C25H21F6N3O3S/c1-13-20(27)9-19(23(13)38(36,37)17-5-2-15(26)3-6-17)22(35)7-4-16-8-18(21(28)12-32-16)14-10-33-24(34-11-14)25(29,30)31/h2-3,5-6,8,10-13,19-20,23H,4,7,9H2,1H3/t13-,19-,20+,23?/m0/s1. The van der Waals surface area contributed by atoms with Gasteiger partial charge >= 0.3 is 6.18 Å². The lowest BCUT2D eigenvalue weighted by Gasteiger charge is -2.22. The molecule has 0 bridgehead atoms. The first kappa shape index (κ1) is 27.7. The van der Waals surface area contributed by atoms with E-state index in [9.17, 15) is 39.6 Å². The summed E-state index contributed by atoms with van der Waals surface area (Å²) in [4.78, 5) is 23.2. The fraction of sp³-hybridized carbons (Fsp3) is 0.360. The van der Waals surface area contributed by atoms with E-state index >= 15 is 0 Å². The quantitative estimate of drug-likeness (QED) is 0.294. The van der Waals surface area contributed by atoms with E-state index in [0.29, 0.717) is 0 Å². The lowest BCUT2D eigenvalue weighted by molar-refractivity contribution is -0.145. The van der Waals surface area contributed by atoms with Crippen LogP contribution in [0.2, 0.25) is 0 Å². The molecule has 1 unspecified atom stereocenters. The maximum absolute atomic E-state index is 14.6. The van der Waals surface area contributed by atoms with Crippen LogP contribution in [0.4, 0.5) is 26.3 Å². The van der Waals surface area contributed by atoms with Gasteiger partial charge in [0.2, 0.25) is 5.82 Å². The molecule has 0 spiro atoms. The number of benzene rings is 1. The molecule has 1 saturated carbocycles. The number of carbonyl (C=O) groups is 1. The van der Waals surface area contributed by atoms with E-state index in [1.54, 1.807) is 0 Å². The van der Waals surface area contributed by atoms with Crippen molar-refractivity contribution in [1.29, 1.82) is 0 Å². The third-order valence-corrected chi connectivity index (χ3v) is 9.04. The number of hydrogen-bond donors (Lipinski definition) is 0. The minimum atomic E-state index is -4.76. The maximum atomic E-state index is 14.6. The first-order valence-electron chi connectivity index (χ1n) is 11.5. The van der Waals surface area contributed by atoms with Gasteiger partial charge in [0.15, 0.2) is 9.84 Å². The topological polar surface area (TPSA) is 89.9 Å². The van der Waals surface area contributed by atoms with Crippen molar-refractivity contribution < 1.29 is 39.6 Å². The van der Waals surface area contributed by atoms with E-state index in [4.69, 9.17) is 0 Å². The second kappa shape index (κ2) is 10.4. The van der Waals surface area contributed by atoms with Gasteiger partial charge in [0.1, 0.15) is 23.6 Å². The van der Waals surface area contributed by atoms with Crippen LogP contribution < -0.4 is 0 Å². The lowest BCUT2D eigenvalue weighted by atomic mass is 9.96. The summed E-state index contributed by atoms with van der Waals surface area (Å²) >= 11 is 0. The van der Waals surface area contributed by atoms with Crippen LogP contribution in [0.1, 0.15) is 31.3 Å². The van der Waals surface area contributed by atoms with Gasteiger partial charge in [-0.25, -0.2) is 31.6 Å². The van der Waals surface area contributed by atoms with Gasteiger partial charge in [-0.2, -0.15) is 13.2 Å². The summed E-state index contributed by atoms with van der Waals surface area (Å²) < 4.78 is 107. The Morgan fingerprint density at radius 2 is 1.66 bits per heavy atom. The van der Waals surface area contributed by atoms with Crippen LogP contribution in [0.3, 0.4) is 0 Å². The van der Waals surface area contributed by atoms with Crippen molar-refractivity contribution in [2.75, 3.05) is 0 Å². The summed E-state index contributed by atoms with van der Waals surface area (Å²) in [5.41, 5.74) is 0.0301. The van der Waals surface area contributed by atoms with E-state index in [1.807, 2.05) is 0 Å². The number of aromatic nitrogens is 3. The summed E-state index contributed by atoms with van der Waals surface area (Å²) in [6, 6.07) is 5.31. The second-order valence-electron chi connectivity index (χ2n) is 9.10. The highest BCUT2D eigenvalue weighted by molar-refractivity contribution is 7.92. The maximum Gasteiger partial charge on any atom is 0.451 e. The zero-order valence-electron chi connectivity index (χ0n) is 19.8. The first-order valence-corrected chi connectivity index (χ1v) is 13.0. The second-order valence-corrected chi connectivity index (χ2v) is 11.2. The molecule has 13 heteroatoms. The molecule has 0 saturated heterocycles. The molecule has 4 atom stereocenters. The number of aryl methyl sites for hydroxylation is 1. The molecule has 202 valence electrons. The molecule has 38 heavy (non-hydrogen) atoms. The predicted octanol–water partition coefficient (Wildman–Crippen LogP) is 5.17. The van der Waals surface area contributed by atoms with E-state index < -0.39 is 62.5 Å². The zero-order valence-corrected chi connectivity index (χ0v) is 20.6. The van der Waals surface area contributed by atoms with Crippen molar-refractivity contribution in [2.24, 2.45) is 11.8 Å². The van der Waals surface area contributed by atoms with Gasteiger partial charge in [0.05, 0.1) is 16.3 Å². The van der Waals surface area contributed by atoms with Gasteiger partial charge in [-0.15, -0.1) is 0 Å². The number of rotatable bonds is 7. The molecule has 1 fully saturated rings. The summed E-state index contributed by atoms with van der Waals surface area (Å²) in [6.07, 6.45) is -4.43. The van der Waals surface area contributed by atoms with E-state index in [0.717, 1.165) is 42.9 Å². The third kappa shape index (κ3) is 5.57. The highest BCUT2D eigenvalue weighted by Gasteiger charge is 2.51. The molecule has 2 heterocycles. The van der Waals surface area contributed by atoms with Crippen molar-refractivity contribution in [3.63, 3.8) is 0 Å². The van der Waals surface area contributed by atoms with Crippen molar-refractivity contribution in [2.45, 2.75) is 48.7 Å². The predicted molar refractivity (Wildman–Crippen MR) is 123 cm³/mol. The molecular weight excluding hydrogens is 536 g/mol. The number of hydrogen-bond acceptors (Lipinski definition) is 6. The van der Waals surface area contributed by atoms with E-state index in [-0.39, 0.29) is 41.0 Å². The third-order valence-electron chi connectivity index (χ3n) is 6.63. The number of nitrogens with zero attached hydrogens (tertiary/aromatic N) is 3. The highest BCUT2D eigenvalue weighted by Crippen LogP contribution is 2.42. The molecule has 6 nitrogen and oxygen atoms in total. The molecule has 0 aliphatic heterocycles. The van der Waals surface area contributed by atoms with Crippen molar-refractivity contribution >= 4 is 15.6 Å². The summed E-state index contributed by atoms with van der Waals surface area (Å²) in [5, 5.41) is -1.35. The monoisotopic (exact) mass is 557 g/mol. The lowest BCUT2D eigenvalue weighted by Crippen LogP contribution is -2.35. The largest absolute Gasteiger partial charge is 0.451 e. The summed E-state index contributed by atoms with van der Waals surface area (Å²) in [6.45, 7) is 1.41. The van der Waals surface area contributed by atoms with Crippen LogP contribution >= 0.6 is 0 Å². The Morgan fingerprint density at radius 3 is 2.26 bits per heavy atom. The number of halogens is 6. The van der Waals surface area contributed by atoms with E-state index in [1.165, 1.54) is 13.0 Å². The van der Waals surface area contributed by atoms with Crippen LogP contribution in [-0.4, -0.2) is 40.6 Å². The number of ketones is 1. The Morgan fingerprint density at radius 1 is 1.03 bits per heavy atom. The Bertz CT molecular complexity index is 1430. The fourth-order valence-electron chi connectivity index (χ4n) is 4.65. The molecule has 1 aliphatic rings. The smallest absolute Gasteiger partial charge is 0.299 e.